The summed E-state index contributed by atoms with van der Waals surface area (Å²) in [6.07, 6.45) is 1.82. The number of pyridine rings is 1. The SMILES string of the molecule is CN[C@@H](c1ccccc1)c1ccccn1. The summed E-state index contributed by atoms with van der Waals surface area (Å²) in [6.45, 7) is 0. The third-order valence-electron chi connectivity index (χ3n) is 2.41. The van der Waals surface area contributed by atoms with Gasteiger partial charge in [0.05, 0.1) is 11.7 Å². The molecule has 0 spiro atoms. The molecule has 0 saturated heterocycles. The summed E-state index contributed by atoms with van der Waals surface area (Å²) in [5.74, 6) is 0. The fourth-order valence-electron chi connectivity index (χ4n) is 1.68. The van der Waals surface area contributed by atoms with E-state index in [2.05, 4.69) is 22.4 Å². The second-order valence-electron chi connectivity index (χ2n) is 3.39. The van der Waals surface area contributed by atoms with Gasteiger partial charge >= 0.3 is 0 Å². The fourth-order valence-corrected chi connectivity index (χ4v) is 1.68. The predicted molar refractivity (Wildman–Crippen MR) is 61.6 cm³/mol. The Balaban J connectivity index is 2.34. The van der Waals surface area contributed by atoms with Crippen molar-refractivity contribution < 1.29 is 0 Å². The van der Waals surface area contributed by atoms with Crippen molar-refractivity contribution in [3.05, 3.63) is 66.0 Å². The van der Waals surface area contributed by atoms with Crippen molar-refractivity contribution in [1.29, 1.82) is 0 Å². The van der Waals surface area contributed by atoms with E-state index in [1.54, 1.807) is 0 Å². The molecular formula is C13H14N2. The van der Waals surface area contributed by atoms with Crippen molar-refractivity contribution in [3.63, 3.8) is 0 Å². The molecule has 1 N–H and O–H groups in total. The first kappa shape index (κ1) is 9.87. The van der Waals surface area contributed by atoms with Crippen LogP contribution in [0, 0.1) is 0 Å². The third kappa shape index (κ3) is 2.22. The van der Waals surface area contributed by atoms with Crippen molar-refractivity contribution in [2.75, 3.05) is 7.05 Å². The number of aromatic nitrogens is 1. The van der Waals surface area contributed by atoms with Gasteiger partial charge in [-0.15, -0.1) is 0 Å². The van der Waals surface area contributed by atoms with Gasteiger partial charge in [-0.2, -0.15) is 0 Å². The molecule has 0 aliphatic carbocycles. The quantitative estimate of drug-likeness (QED) is 0.819. The maximum Gasteiger partial charge on any atom is 0.0748 e. The van der Waals surface area contributed by atoms with E-state index in [4.69, 9.17) is 0 Å². The number of benzene rings is 1. The van der Waals surface area contributed by atoms with Crippen molar-refractivity contribution in [1.82, 2.24) is 10.3 Å². The minimum absolute atomic E-state index is 0.174. The molecule has 0 fully saturated rings. The Labute approximate surface area is 90.0 Å². The van der Waals surface area contributed by atoms with Crippen LogP contribution in [0.3, 0.4) is 0 Å². The molecule has 0 bridgehead atoms. The lowest BCUT2D eigenvalue weighted by atomic mass is 10.0. The van der Waals surface area contributed by atoms with E-state index in [0.29, 0.717) is 0 Å². The van der Waals surface area contributed by atoms with Crippen LogP contribution in [-0.2, 0) is 0 Å². The molecule has 76 valence electrons. The van der Waals surface area contributed by atoms with Crippen molar-refractivity contribution >= 4 is 0 Å². The van der Waals surface area contributed by atoms with E-state index in [9.17, 15) is 0 Å². The molecule has 0 unspecified atom stereocenters. The number of rotatable bonds is 3. The summed E-state index contributed by atoms with van der Waals surface area (Å²) in [5, 5.41) is 3.27. The van der Waals surface area contributed by atoms with Crippen LogP contribution in [0.1, 0.15) is 17.3 Å². The topological polar surface area (TPSA) is 24.9 Å². The Morgan fingerprint density at radius 2 is 1.73 bits per heavy atom. The molecule has 0 amide bonds. The van der Waals surface area contributed by atoms with Gasteiger partial charge in [0.2, 0.25) is 0 Å². The van der Waals surface area contributed by atoms with Crippen molar-refractivity contribution in [3.8, 4) is 0 Å². The van der Waals surface area contributed by atoms with E-state index in [-0.39, 0.29) is 6.04 Å². The first-order chi connectivity index (χ1) is 7.42. The smallest absolute Gasteiger partial charge is 0.0748 e. The summed E-state index contributed by atoms with van der Waals surface area (Å²) in [7, 11) is 1.95. The average molecular weight is 198 g/mol. The molecule has 1 atom stereocenters. The van der Waals surface area contributed by atoms with Crippen LogP contribution in [0.5, 0.6) is 0 Å². The van der Waals surface area contributed by atoms with Crippen LogP contribution in [0.2, 0.25) is 0 Å². The van der Waals surface area contributed by atoms with Gasteiger partial charge in [0, 0.05) is 6.20 Å². The molecule has 1 aromatic heterocycles. The summed E-state index contributed by atoms with van der Waals surface area (Å²) in [6, 6.07) is 16.5. The van der Waals surface area contributed by atoms with Gasteiger partial charge in [0.1, 0.15) is 0 Å². The standard InChI is InChI=1S/C13H14N2/c1-14-13(11-7-3-2-4-8-11)12-9-5-6-10-15-12/h2-10,13-14H,1H3/t13-/m0/s1. The van der Waals surface area contributed by atoms with Crippen LogP contribution in [0.25, 0.3) is 0 Å². The maximum atomic E-state index is 4.36. The van der Waals surface area contributed by atoms with E-state index in [0.717, 1.165) is 5.69 Å². The first-order valence-electron chi connectivity index (χ1n) is 5.05. The van der Waals surface area contributed by atoms with E-state index in [1.165, 1.54) is 5.56 Å². The highest BCUT2D eigenvalue weighted by molar-refractivity contribution is 5.27. The molecule has 2 aromatic rings. The summed E-state index contributed by atoms with van der Waals surface area (Å²) < 4.78 is 0. The molecule has 2 rings (SSSR count). The van der Waals surface area contributed by atoms with Crippen molar-refractivity contribution in [2.45, 2.75) is 6.04 Å². The second kappa shape index (κ2) is 4.71. The van der Waals surface area contributed by atoms with E-state index >= 15 is 0 Å². The Morgan fingerprint density at radius 3 is 2.33 bits per heavy atom. The zero-order valence-electron chi connectivity index (χ0n) is 8.72. The van der Waals surface area contributed by atoms with Gasteiger partial charge in [0.25, 0.3) is 0 Å². The van der Waals surface area contributed by atoms with E-state index in [1.807, 2.05) is 49.6 Å². The van der Waals surface area contributed by atoms with Gasteiger partial charge in [-0.1, -0.05) is 36.4 Å². The zero-order valence-corrected chi connectivity index (χ0v) is 8.72. The highest BCUT2D eigenvalue weighted by atomic mass is 14.9. The molecule has 1 aromatic carbocycles. The lowest BCUT2D eigenvalue weighted by Gasteiger charge is -2.15. The molecule has 1 heterocycles. The Hall–Kier alpha value is -1.67. The summed E-state index contributed by atoms with van der Waals surface area (Å²) in [4.78, 5) is 4.36. The highest BCUT2D eigenvalue weighted by Crippen LogP contribution is 2.18. The van der Waals surface area contributed by atoms with Gasteiger partial charge in [-0.05, 0) is 24.7 Å². The normalized spacial score (nSPS) is 12.3. The largest absolute Gasteiger partial charge is 0.308 e. The molecule has 0 radical (unpaired) electrons. The van der Waals surface area contributed by atoms with Crippen LogP contribution < -0.4 is 5.32 Å². The van der Waals surface area contributed by atoms with Gasteiger partial charge in [0.15, 0.2) is 0 Å². The average Bonchev–Trinajstić information content (AvgIpc) is 2.33. The summed E-state index contributed by atoms with van der Waals surface area (Å²) in [5.41, 5.74) is 2.28. The summed E-state index contributed by atoms with van der Waals surface area (Å²) >= 11 is 0. The maximum absolute atomic E-state index is 4.36. The number of nitrogens with zero attached hydrogens (tertiary/aromatic N) is 1. The Morgan fingerprint density at radius 1 is 1.00 bits per heavy atom. The van der Waals surface area contributed by atoms with Crippen molar-refractivity contribution in [2.24, 2.45) is 0 Å². The Kier molecular flexibility index (Phi) is 3.10. The number of hydrogen-bond acceptors (Lipinski definition) is 2. The van der Waals surface area contributed by atoms with Gasteiger partial charge in [-0.25, -0.2) is 0 Å². The lowest BCUT2D eigenvalue weighted by molar-refractivity contribution is 0.671. The van der Waals surface area contributed by atoms with Crippen LogP contribution in [0.4, 0.5) is 0 Å². The first-order valence-corrected chi connectivity index (χ1v) is 5.05. The number of hydrogen-bond donors (Lipinski definition) is 1. The third-order valence-corrected chi connectivity index (χ3v) is 2.41. The highest BCUT2D eigenvalue weighted by Gasteiger charge is 2.11. The molecule has 2 heteroatoms. The lowest BCUT2D eigenvalue weighted by Crippen LogP contribution is -2.18. The van der Waals surface area contributed by atoms with Gasteiger partial charge < -0.3 is 5.32 Å². The van der Waals surface area contributed by atoms with Crippen LogP contribution in [0.15, 0.2) is 54.7 Å². The predicted octanol–water partition coefficient (Wildman–Crippen LogP) is 2.39. The minimum atomic E-state index is 0.174. The Bertz CT molecular complexity index is 358. The number of nitrogens with one attached hydrogen (secondary N) is 1. The second-order valence-corrected chi connectivity index (χ2v) is 3.39. The van der Waals surface area contributed by atoms with Crippen LogP contribution >= 0.6 is 0 Å². The van der Waals surface area contributed by atoms with Gasteiger partial charge in [-0.3, -0.25) is 4.98 Å². The van der Waals surface area contributed by atoms with E-state index < -0.39 is 0 Å². The zero-order chi connectivity index (χ0) is 10.5. The molecule has 0 saturated carbocycles. The van der Waals surface area contributed by atoms with Crippen LogP contribution in [-0.4, -0.2) is 12.0 Å². The molecule has 2 nitrogen and oxygen atoms in total. The molecule has 0 aliphatic heterocycles. The molecule has 15 heavy (non-hydrogen) atoms. The fraction of sp³-hybridized carbons (Fsp3) is 0.154. The monoisotopic (exact) mass is 198 g/mol. The minimum Gasteiger partial charge on any atom is -0.308 e. The molecule has 0 aliphatic rings. The molecular weight excluding hydrogens is 184 g/mol.